The minimum atomic E-state index is -2.61. The maximum Gasteiger partial charge on any atom is 0.265 e. The standard InChI is InChI=1S/C15H17F2NO/c1-4-6-7-13(11(3)5-2)18-10-12(15(16)17)8-9-14(18)19/h4,6-10,15H,3,5H2,1-2H3. The lowest BCUT2D eigenvalue weighted by Crippen LogP contribution is -2.19. The minimum Gasteiger partial charge on any atom is -0.284 e. The minimum absolute atomic E-state index is 0.185. The first-order valence-electron chi connectivity index (χ1n) is 6.03. The van der Waals surface area contributed by atoms with Gasteiger partial charge in [-0.05, 0) is 31.1 Å². The summed E-state index contributed by atoms with van der Waals surface area (Å²) in [5.74, 6) is 0. The number of pyridine rings is 1. The summed E-state index contributed by atoms with van der Waals surface area (Å²) in [6.07, 6.45) is 4.44. The Morgan fingerprint density at radius 2 is 2.16 bits per heavy atom. The predicted molar refractivity (Wildman–Crippen MR) is 74.2 cm³/mol. The fourth-order valence-electron chi connectivity index (χ4n) is 1.56. The number of hydrogen-bond acceptors (Lipinski definition) is 1. The third-order valence-corrected chi connectivity index (χ3v) is 2.68. The molecule has 0 amide bonds. The Morgan fingerprint density at radius 3 is 2.68 bits per heavy atom. The highest BCUT2D eigenvalue weighted by Crippen LogP contribution is 2.21. The molecule has 0 spiro atoms. The summed E-state index contributed by atoms with van der Waals surface area (Å²) in [6.45, 7) is 7.60. The van der Waals surface area contributed by atoms with E-state index in [2.05, 4.69) is 6.58 Å². The molecule has 102 valence electrons. The highest BCUT2D eigenvalue weighted by atomic mass is 19.3. The fourth-order valence-corrected chi connectivity index (χ4v) is 1.56. The Balaban J connectivity index is 3.41. The molecular weight excluding hydrogens is 248 g/mol. The summed E-state index contributed by atoms with van der Waals surface area (Å²) in [7, 11) is 0. The molecule has 0 aliphatic rings. The van der Waals surface area contributed by atoms with Crippen molar-refractivity contribution in [2.75, 3.05) is 0 Å². The smallest absolute Gasteiger partial charge is 0.265 e. The van der Waals surface area contributed by atoms with E-state index in [-0.39, 0.29) is 11.1 Å². The molecule has 1 rings (SSSR count). The highest BCUT2D eigenvalue weighted by molar-refractivity contribution is 5.65. The molecule has 1 aromatic rings. The molecule has 0 saturated carbocycles. The quantitative estimate of drug-likeness (QED) is 0.732. The lowest BCUT2D eigenvalue weighted by Gasteiger charge is -2.13. The van der Waals surface area contributed by atoms with Gasteiger partial charge in [0.25, 0.3) is 12.0 Å². The van der Waals surface area contributed by atoms with E-state index in [0.717, 1.165) is 12.1 Å². The lowest BCUT2D eigenvalue weighted by atomic mass is 10.1. The van der Waals surface area contributed by atoms with E-state index >= 15 is 0 Å². The Morgan fingerprint density at radius 1 is 1.47 bits per heavy atom. The molecule has 4 heteroatoms. The first kappa shape index (κ1) is 15.1. The maximum atomic E-state index is 12.7. The van der Waals surface area contributed by atoms with Crippen LogP contribution in [0.1, 0.15) is 32.3 Å². The molecule has 0 aliphatic carbocycles. The number of alkyl halides is 2. The zero-order chi connectivity index (χ0) is 14.4. The van der Waals surface area contributed by atoms with Crippen LogP contribution in [-0.2, 0) is 0 Å². The molecular formula is C15H17F2NO. The first-order valence-corrected chi connectivity index (χ1v) is 6.03. The van der Waals surface area contributed by atoms with Gasteiger partial charge in [0.1, 0.15) is 0 Å². The number of rotatable bonds is 5. The number of nitrogens with zero attached hydrogens (tertiary/aromatic N) is 1. The largest absolute Gasteiger partial charge is 0.284 e. The molecule has 0 bridgehead atoms. The van der Waals surface area contributed by atoms with Gasteiger partial charge in [-0.2, -0.15) is 0 Å². The second kappa shape index (κ2) is 6.83. The van der Waals surface area contributed by atoms with Crippen LogP contribution < -0.4 is 5.56 Å². The summed E-state index contributed by atoms with van der Waals surface area (Å²) in [4.78, 5) is 11.8. The van der Waals surface area contributed by atoms with Crippen molar-refractivity contribution in [2.24, 2.45) is 0 Å². The Bertz CT molecular complexity index is 568. The SMILES string of the molecule is C=C(CC)C(=CC=CC)n1cc(C(F)F)ccc1=O. The van der Waals surface area contributed by atoms with Crippen molar-refractivity contribution in [1.82, 2.24) is 4.57 Å². The zero-order valence-electron chi connectivity index (χ0n) is 11.1. The van der Waals surface area contributed by atoms with Gasteiger partial charge in [-0.25, -0.2) is 8.78 Å². The van der Waals surface area contributed by atoms with E-state index in [0.29, 0.717) is 17.7 Å². The van der Waals surface area contributed by atoms with Crippen LogP contribution in [0.25, 0.3) is 5.70 Å². The molecule has 19 heavy (non-hydrogen) atoms. The van der Waals surface area contributed by atoms with Gasteiger partial charge in [0.2, 0.25) is 0 Å². The van der Waals surface area contributed by atoms with Crippen molar-refractivity contribution in [1.29, 1.82) is 0 Å². The molecule has 0 N–H and O–H groups in total. The molecule has 0 aliphatic heterocycles. The Labute approximate surface area is 111 Å². The Hall–Kier alpha value is -1.97. The van der Waals surface area contributed by atoms with Crippen LogP contribution >= 0.6 is 0 Å². The summed E-state index contributed by atoms with van der Waals surface area (Å²) >= 11 is 0. The van der Waals surface area contributed by atoms with Gasteiger partial charge in [-0.1, -0.05) is 25.7 Å². The molecule has 0 saturated heterocycles. The Kier molecular flexibility index (Phi) is 5.42. The molecule has 1 heterocycles. The summed E-state index contributed by atoms with van der Waals surface area (Å²) < 4.78 is 26.6. The normalized spacial score (nSPS) is 12.4. The number of hydrogen-bond donors (Lipinski definition) is 0. The first-order chi connectivity index (χ1) is 9.01. The third-order valence-electron chi connectivity index (χ3n) is 2.68. The van der Waals surface area contributed by atoms with Crippen LogP contribution in [0.4, 0.5) is 8.78 Å². The lowest BCUT2D eigenvalue weighted by molar-refractivity contribution is 0.150. The van der Waals surface area contributed by atoms with Crippen LogP contribution in [0.5, 0.6) is 0 Å². The van der Waals surface area contributed by atoms with E-state index in [4.69, 9.17) is 0 Å². The van der Waals surface area contributed by atoms with Crippen LogP contribution in [-0.4, -0.2) is 4.57 Å². The molecule has 0 radical (unpaired) electrons. The molecule has 0 aromatic carbocycles. The van der Waals surface area contributed by atoms with E-state index in [1.54, 1.807) is 18.2 Å². The van der Waals surface area contributed by atoms with E-state index in [9.17, 15) is 13.6 Å². The van der Waals surface area contributed by atoms with Crippen LogP contribution in [0.15, 0.2) is 53.5 Å². The topological polar surface area (TPSA) is 22.0 Å². The number of halogens is 2. The van der Waals surface area contributed by atoms with Gasteiger partial charge >= 0.3 is 0 Å². The monoisotopic (exact) mass is 265 g/mol. The molecule has 0 unspecified atom stereocenters. The van der Waals surface area contributed by atoms with Crippen molar-refractivity contribution in [3.63, 3.8) is 0 Å². The van der Waals surface area contributed by atoms with Crippen molar-refractivity contribution < 1.29 is 8.78 Å². The highest BCUT2D eigenvalue weighted by Gasteiger charge is 2.11. The third kappa shape index (κ3) is 3.74. The van der Waals surface area contributed by atoms with Crippen LogP contribution in [0.3, 0.4) is 0 Å². The van der Waals surface area contributed by atoms with Crippen LogP contribution in [0.2, 0.25) is 0 Å². The second-order valence-electron chi connectivity index (χ2n) is 4.01. The van der Waals surface area contributed by atoms with Gasteiger partial charge in [-0.3, -0.25) is 9.36 Å². The van der Waals surface area contributed by atoms with Crippen molar-refractivity contribution in [3.05, 3.63) is 64.6 Å². The average Bonchev–Trinajstić information content (AvgIpc) is 2.40. The van der Waals surface area contributed by atoms with Gasteiger partial charge in [0.15, 0.2) is 0 Å². The van der Waals surface area contributed by atoms with Gasteiger partial charge in [0.05, 0.1) is 5.70 Å². The summed E-state index contributed by atoms with van der Waals surface area (Å²) in [5.41, 5.74) is 0.712. The number of aromatic nitrogens is 1. The molecule has 2 nitrogen and oxygen atoms in total. The van der Waals surface area contributed by atoms with E-state index in [1.807, 2.05) is 13.8 Å². The fraction of sp³-hybridized carbons (Fsp3) is 0.267. The molecule has 0 atom stereocenters. The van der Waals surface area contributed by atoms with Crippen molar-refractivity contribution in [2.45, 2.75) is 26.7 Å². The van der Waals surface area contributed by atoms with Gasteiger partial charge in [-0.15, -0.1) is 0 Å². The van der Waals surface area contributed by atoms with Gasteiger partial charge < -0.3 is 0 Å². The summed E-state index contributed by atoms with van der Waals surface area (Å²) in [6, 6.07) is 2.29. The van der Waals surface area contributed by atoms with E-state index in [1.165, 1.54) is 10.8 Å². The zero-order valence-corrected chi connectivity index (χ0v) is 11.1. The summed E-state index contributed by atoms with van der Waals surface area (Å²) in [5, 5.41) is 0. The maximum absolute atomic E-state index is 12.7. The van der Waals surface area contributed by atoms with E-state index < -0.39 is 6.43 Å². The van der Waals surface area contributed by atoms with Crippen molar-refractivity contribution in [3.8, 4) is 0 Å². The molecule has 1 aromatic heterocycles. The molecule has 0 fully saturated rings. The second-order valence-corrected chi connectivity index (χ2v) is 4.01. The van der Waals surface area contributed by atoms with Crippen molar-refractivity contribution >= 4 is 5.70 Å². The van der Waals surface area contributed by atoms with Crippen LogP contribution in [0, 0.1) is 0 Å². The number of allylic oxidation sites excluding steroid dienone is 5. The predicted octanol–water partition coefficient (Wildman–Crippen LogP) is 4.17. The average molecular weight is 265 g/mol. The van der Waals surface area contributed by atoms with Gasteiger partial charge in [0, 0.05) is 17.8 Å².